The number of rotatable bonds is 2. The van der Waals surface area contributed by atoms with E-state index in [0.717, 1.165) is 4.57 Å². The molecule has 12 nitrogen and oxygen atoms in total. The molecule has 8 N–H and O–H groups in total. The van der Waals surface area contributed by atoms with Crippen LogP contribution in [0, 0.1) is 0 Å². The van der Waals surface area contributed by atoms with Gasteiger partial charge in [0.25, 0.3) is 5.56 Å². The van der Waals surface area contributed by atoms with Crippen LogP contribution in [0.2, 0.25) is 0 Å². The van der Waals surface area contributed by atoms with Crippen LogP contribution in [0.1, 0.15) is 6.23 Å². The molecule has 0 aromatic carbocycles. The van der Waals surface area contributed by atoms with Crippen molar-refractivity contribution >= 4 is 17.1 Å². The van der Waals surface area contributed by atoms with Crippen LogP contribution in [0.5, 0.6) is 0 Å². The highest BCUT2D eigenvalue weighted by atomic mass is 16.6. The van der Waals surface area contributed by atoms with E-state index in [4.69, 9.17) is 21.4 Å². The molecule has 0 radical (unpaired) electrons. The molecule has 2 aromatic heterocycles. The molecule has 2 aromatic rings. The van der Waals surface area contributed by atoms with Crippen molar-refractivity contribution in [2.75, 3.05) is 18.2 Å². The fourth-order valence-electron chi connectivity index (χ4n) is 2.41. The minimum absolute atomic E-state index is 0.177. The predicted molar refractivity (Wildman–Crippen MR) is 72.2 cm³/mol. The summed E-state index contributed by atoms with van der Waals surface area (Å²) >= 11 is 0. The SMILES string of the molecule is Nc1nc2c([nH]c(=O)n2C2OC(CO)C(O)C2O)c(=O)n1N. The fraction of sp³-hybridized carbons (Fsp3) is 0.500. The van der Waals surface area contributed by atoms with Crippen LogP contribution in [0.25, 0.3) is 11.2 Å². The zero-order chi connectivity index (χ0) is 16.2. The number of aromatic nitrogens is 4. The normalized spacial score (nSPS) is 28.5. The maximum Gasteiger partial charge on any atom is 0.330 e. The lowest BCUT2D eigenvalue weighted by Crippen LogP contribution is -2.35. The number of nitrogens with one attached hydrogen (secondary N) is 1. The number of aliphatic hydroxyl groups is 3. The third-order valence-electron chi connectivity index (χ3n) is 3.57. The van der Waals surface area contributed by atoms with E-state index in [1.165, 1.54) is 0 Å². The van der Waals surface area contributed by atoms with Crippen LogP contribution >= 0.6 is 0 Å². The van der Waals surface area contributed by atoms with Gasteiger partial charge in [0.1, 0.15) is 18.3 Å². The Morgan fingerprint density at radius 1 is 1.32 bits per heavy atom. The highest BCUT2D eigenvalue weighted by Gasteiger charge is 2.44. The van der Waals surface area contributed by atoms with Crippen LogP contribution in [-0.4, -0.2) is 59.4 Å². The second-order valence-corrected chi connectivity index (χ2v) is 4.87. The van der Waals surface area contributed by atoms with E-state index in [1.807, 2.05) is 0 Å². The van der Waals surface area contributed by atoms with E-state index >= 15 is 0 Å². The highest BCUT2D eigenvalue weighted by molar-refractivity contribution is 5.71. The third-order valence-corrected chi connectivity index (χ3v) is 3.57. The number of fused-ring (bicyclic) bond motifs is 1. The first-order chi connectivity index (χ1) is 10.4. The Morgan fingerprint density at radius 2 is 2.00 bits per heavy atom. The molecule has 0 spiro atoms. The molecule has 1 aliphatic rings. The number of aliphatic hydroxyl groups excluding tert-OH is 3. The van der Waals surface area contributed by atoms with Gasteiger partial charge >= 0.3 is 5.69 Å². The number of nitrogens with two attached hydrogens (primary N) is 2. The van der Waals surface area contributed by atoms with Gasteiger partial charge in [-0.15, -0.1) is 0 Å². The molecule has 4 atom stereocenters. The molecule has 120 valence electrons. The van der Waals surface area contributed by atoms with Crippen molar-refractivity contribution in [1.82, 2.24) is 19.2 Å². The van der Waals surface area contributed by atoms with Gasteiger partial charge in [0.05, 0.1) is 6.61 Å². The molecule has 0 bridgehead atoms. The maximum absolute atomic E-state index is 12.1. The number of nitrogen functional groups attached to an aromatic ring is 2. The van der Waals surface area contributed by atoms with Crippen molar-refractivity contribution in [3.63, 3.8) is 0 Å². The third kappa shape index (κ3) is 1.82. The number of nitrogens with zero attached hydrogens (tertiary/aromatic N) is 3. The second kappa shape index (κ2) is 4.81. The Kier molecular flexibility index (Phi) is 3.17. The summed E-state index contributed by atoms with van der Waals surface area (Å²) in [5.74, 6) is 5.04. The van der Waals surface area contributed by atoms with Gasteiger partial charge in [-0.05, 0) is 0 Å². The van der Waals surface area contributed by atoms with Gasteiger partial charge in [0.2, 0.25) is 5.95 Å². The van der Waals surface area contributed by atoms with Gasteiger partial charge in [-0.25, -0.2) is 9.36 Å². The van der Waals surface area contributed by atoms with Crippen LogP contribution in [0.3, 0.4) is 0 Å². The number of imidazole rings is 1. The fourth-order valence-corrected chi connectivity index (χ4v) is 2.41. The molecule has 22 heavy (non-hydrogen) atoms. The second-order valence-electron chi connectivity index (χ2n) is 4.87. The molecule has 1 fully saturated rings. The van der Waals surface area contributed by atoms with E-state index in [2.05, 4.69) is 9.97 Å². The Morgan fingerprint density at radius 3 is 2.59 bits per heavy atom. The Hall–Kier alpha value is -2.41. The smallest absolute Gasteiger partial charge is 0.330 e. The Labute approximate surface area is 121 Å². The lowest BCUT2D eigenvalue weighted by atomic mass is 10.1. The van der Waals surface area contributed by atoms with Gasteiger partial charge in [0.15, 0.2) is 17.4 Å². The molecule has 0 aliphatic carbocycles. The summed E-state index contributed by atoms with van der Waals surface area (Å²) in [7, 11) is 0. The van der Waals surface area contributed by atoms with Gasteiger partial charge in [-0.2, -0.15) is 9.66 Å². The van der Waals surface area contributed by atoms with E-state index in [0.29, 0.717) is 4.68 Å². The van der Waals surface area contributed by atoms with Crippen molar-refractivity contribution in [2.45, 2.75) is 24.5 Å². The summed E-state index contributed by atoms with van der Waals surface area (Å²) in [6.07, 6.45) is -5.33. The first kappa shape index (κ1) is 14.5. The Bertz CT molecular complexity index is 839. The summed E-state index contributed by atoms with van der Waals surface area (Å²) in [5.41, 5.74) is 3.49. The predicted octanol–water partition coefficient (Wildman–Crippen LogP) is -4.21. The van der Waals surface area contributed by atoms with Crippen molar-refractivity contribution in [3.05, 3.63) is 20.8 Å². The summed E-state index contributed by atoms with van der Waals surface area (Å²) in [4.78, 5) is 30.1. The monoisotopic (exact) mass is 314 g/mol. The molecule has 1 saturated heterocycles. The highest BCUT2D eigenvalue weighted by Crippen LogP contribution is 2.29. The van der Waals surface area contributed by atoms with Crippen LogP contribution < -0.4 is 22.8 Å². The molecule has 3 rings (SSSR count). The van der Waals surface area contributed by atoms with Gasteiger partial charge in [-0.1, -0.05) is 0 Å². The van der Waals surface area contributed by atoms with Gasteiger partial charge in [-0.3, -0.25) is 9.78 Å². The van der Waals surface area contributed by atoms with E-state index in [-0.39, 0.29) is 17.1 Å². The topological polar surface area (TPSA) is 195 Å². The van der Waals surface area contributed by atoms with Crippen molar-refractivity contribution in [1.29, 1.82) is 0 Å². The van der Waals surface area contributed by atoms with E-state index in [1.54, 1.807) is 0 Å². The number of hydrogen-bond acceptors (Lipinski definition) is 9. The van der Waals surface area contributed by atoms with Crippen molar-refractivity contribution in [3.8, 4) is 0 Å². The number of hydrogen-bond donors (Lipinski definition) is 6. The maximum atomic E-state index is 12.1. The number of anilines is 1. The molecule has 4 unspecified atom stereocenters. The average Bonchev–Trinajstić information content (AvgIpc) is 2.95. The van der Waals surface area contributed by atoms with E-state index in [9.17, 15) is 19.8 Å². The van der Waals surface area contributed by atoms with Crippen LogP contribution in [0.15, 0.2) is 9.59 Å². The average molecular weight is 314 g/mol. The lowest BCUT2D eigenvalue weighted by Gasteiger charge is -2.15. The minimum atomic E-state index is -1.50. The molecule has 12 heteroatoms. The van der Waals surface area contributed by atoms with E-state index < -0.39 is 42.4 Å². The molecule has 0 amide bonds. The molecule has 1 aliphatic heterocycles. The first-order valence-electron chi connectivity index (χ1n) is 6.27. The van der Waals surface area contributed by atoms with Crippen molar-refractivity contribution < 1.29 is 20.1 Å². The van der Waals surface area contributed by atoms with Crippen LogP contribution in [-0.2, 0) is 4.74 Å². The molecule has 3 heterocycles. The summed E-state index contributed by atoms with van der Waals surface area (Å²) < 4.78 is 6.65. The number of H-pyrrole nitrogens is 1. The van der Waals surface area contributed by atoms with Gasteiger partial charge in [0, 0.05) is 0 Å². The van der Waals surface area contributed by atoms with Gasteiger partial charge < -0.3 is 31.6 Å². The number of ether oxygens (including phenoxy) is 1. The van der Waals surface area contributed by atoms with Crippen LogP contribution in [0.4, 0.5) is 5.95 Å². The zero-order valence-corrected chi connectivity index (χ0v) is 11.1. The standard InChI is InChI=1S/C10H14N6O6/c11-9-14-6-3(7(20)16(9)12)13-10(21)15(6)8-5(19)4(18)2(1-17)22-8/h2,4-5,8,17-19H,1,12H2,(H2,11,14)(H,13,21). The molecule has 0 saturated carbocycles. The number of aromatic amines is 1. The Balaban J connectivity index is 2.22. The largest absolute Gasteiger partial charge is 0.394 e. The minimum Gasteiger partial charge on any atom is -0.394 e. The first-order valence-corrected chi connectivity index (χ1v) is 6.27. The quantitative estimate of drug-likeness (QED) is 0.298. The molecular formula is C10H14N6O6. The molecular weight excluding hydrogens is 300 g/mol. The summed E-state index contributed by atoms with van der Waals surface area (Å²) in [5, 5.41) is 28.8. The lowest BCUT2D eigenvalue weighted by molar-refractivity contribution is -0.0524. The zero-order valence-electron chi connectivity index (χ0n) is 11.1. The summed E-state index contributed by atoms with van der Waals surface area (Å²) in [6, 6.07) is 0. The van der Waals surface area contributed by atoms with Crippen molar-refractivity contribution in [2.24, 2.45) is 0 Å². The summed E-state index contributed by atoms with van der Waals surface area (Å²) in [6.45, 7) is -0.559.